The molecule has 1 N–H and O–H groups in total. The fourth-order valence-corrected chi connectivity index (χ4v) is 3.93. The SMILES string of the molecule is COc1cccc(/C(O)=C2/C(=O)C(=O)N(c3ccccc3)C2c2ccc(OC(C)C)cc2)c1. The maximum atomic E-state index is 13.2. The van der Waals surface area contributed by atoms with Crippen LogP contribution in [-0.4, -0.2) is 30.0 Å². The Kier molecular flexibility index (Phi) is 6.18. The highest BCUT2D eigenvalue weighted by Crippen LogP contribution is 2.42. The number of aliphatic hydroxyl groups is 1. The summed E-state index contributed by atoms with van der Waals surface area (Å²) in [5, 5.41) is 11.2. The van der Waals surface area contributed by atoms with E-state index < -0.39 is 17.7 Å². The predicted octanol–water partition coefficient (Wildman–Crippen LogP) is 5.11. The van der Waals surface area contributed by atoms with Crippen LogP contribution in [-0.2, 0) is 9.59 Å². The van der Waals surface area contributed by atoms with Crippen molar-refractivity contribution in [2.24, 2.45) is 0 Å². The molecule has 1 atom stereocenters. The largest absolute Gasteiger partial charge is 0.507 e. The number of carbonyl (C=O) groups is 2. The number of nitrogens with zero attached hydrogens (tertiary/aromatic N) is 1. The van der Waals surface area contributed by atoms with Gasteiger partial charge in [0.05, 0.1) is 24.8 Å². The molecule has 1 amide bonds. The molecule has 168 valence electrons. The van der Waals surface area contributed by atoms with E-state index in [1.807, 2.05) is 32.0 Å². The minimum absolute atomic E-state index is 0.0128. The van der Waals surface area contributed by atoms with Gasteiger partial charge in [-0.1, -0.05) is 42.5 Å². The van der Waals surface area contributed by atoms with Gasteiger partial charge in [-0.05, 0) is 55.8 Å². The zero-order valence-electron chi connectivity index (χ0n) is 18.7. The molecule has 3 aromatic carbocycles. The Morgan fingerprint density at radius 3 is 2.24 bits per heavy atom. The summed E-state index contributed by atoms with van der Waals surface area (Å²) >= 11 is 0. The van der Waals surface area contributed by atoms with E-state index in [-0.39, 0.29) is 17.4 Å². The van der Waals surface area contributed by atoms with Gasteiger partial charge in [0.25, 0.3) is 11.7 Å². The fraction of sp³-hybridized carbons (Fsp3) is 0.185. The molecule has 0 radical (unpaired) electrons. The Hall–Kier alpha value is -4.06. The average molecular weight is 443 g/mol. The molecule has 0 spiro atoms. The van der Waals surface area contributed by atoms with Crippen molar-refractivity contribution in [3.63, 3.8) is 0 Å². The Bertz CT molecular complexity index is 1200. The van der Waals surface area contributed by atoms with Gasteiger partial charge in [-0.25, -0.2) is 0 Å². The smallest absolute Gasteiger partial charge is 0.300 e. The summed E-state index contributed by atoms with van der Waals surface area (Å²) in [5.74, 6) is -0.482. The number of amides is 1. The van der Waals surface area contributed by atoms with Crippen molar-refractivity contribution < 1.29 is 24.2 Å². The number of para-hydroxylation sites is 1. The van der Waals surface area contributed by atoms with E-state index in [0.29, 0.717) is 28.3 Å². The van der Waals surface area contributed by atoms with Gasteiger partial charge >= 0.3 is 0 Å². The Morgan fingerprint density at radius 1 is 0.909 bits per heavy atom. The van der Waals surface area contributed by atoms with Crippen LogP contribution >= 0.6 is 0 Å². The molecule has 6 nitrogen and oxygen atoms in total. The number of aliphatic hydroxyl groups excluding tert-OH is 1. The highest BCUT2D eigenvalue weighted by molar-refractivity contribution is 6.51. The van der Waals surface area contributed by atoms with Crippen molar-refractivity contribution in [1.82, 2.24) is 0 Å². The molecule has 0 aromatic heterocycles. The Balaban J connectivity index is 1.88. The third-order valence-electron chi connectivity index (χ3n) is 5.39. The maximum Gasteiger partial charge on any atom is 0.300 e. The molecule has 1 heterocycles. The third kappa shape index (κ3) is 4.32. The molecule has 1 aliphatic rings. The first kappa shape index (κ1) is 22.1. The summed E-state index contributed by atoms with van der Waals surface area (Å²) in [7, 11) is 1.52. The lowest BCUT2D eigenvalue weighted by atomic mass is 9.95. The molecule has 4 rings (SSSR count). The number of ketones is 1. The normalized spacial score (nSPS) is 17.5. The van der Waals surface area contributed by atoms with E-state index in [4.69, 9.17) is 9.47 Å². The highest BCUT2D eigenvalue weighted by atomic mass is 16.5. The number of carbonyl (C=O) groups excluding carboxylic acids is 2. The first-order valence-electron chi connectivity index (χ1n) is 10.7. The lowest BCUT2D eigenvalue weighted by Crippen LogP contribution is -2.29. The summed E-state index contributed by atoms with van der Waals surface area (Å²) in [5.41, 5.74) is 1.66. The molecular formula is C27H25NO5. The predicted molar refractivity (Wildman–Crippen MR) is 126 cm³/mol. The van der Waals surface area contributed by atoms with Gasteiger partial charge in [-0.2, -0.15) is 0 Å². The third-order valence-corrected chi connectivity index (χ3v) is 5.39. The van der Waals surface area contributed by atoms with Crippen LogP contribution in [0.1, 0.15) is 31.0 Å². The van der Waals surface area contributed by atoms with E-state index in [9.17, 15) is 14.7 Å². The maximum absolute atomic E-state index is 13.2. The molecule has 1 aliphatic heterocycles. The summed E-state index contributed by atoms with van der Waals surface area (Å²) < 4.78 is 11.0. The van der Waals surface area contributed by atoms with Crippen molar-refractivity contribution in [2.75, 3.05) is 12.0 Å². The van der Waals surface area contributed by atoms with Gasteiger partial charge < -0.3 is 14.6 Å². The Labute approximate surface area is 192 Å². The molecule has 33 heavy (non-hydrogen) atoms. The van der Waals surface area contributed by atoms with Crippen molar-refractivity contribution in [3.8, 4) is 11.5 Å². The van der Waals surface area contributed by atoms with Crippen LogP contribution in [0.25, 0.3) is 5.76 Å². The van der Waals surface area contributed by atoms with E-state index in [0.717, 1.165) is 0 Å². The zero-order valence-corrected chi connectivity index (χ0v) is 18.7. The Morgan fingerprint density at radius 2 is 1.61 bits per heavy atom. The lowest BCUT2D eigenvalue weighted by molar-refractivity contribution is -0.132. The summed E-state index contributed by atoms with van der Waals surface area (Å²) in [4.78, 5) is 27.8. The van der Waals surface area contributed by atoms with Gasteiger partial charge in [-0.15, -0.1) is 0 Å². The monoisotopic (exact) mass is 443 g/mol. The topological polar surface area (TPSA) is 76.1 Å². The number of benzene rings is 3. The van der Waals surface area contributed by atoms with Crippen LogP contribution in [0.5, 0.6) is 11.5 Å². The summed E-state index contributed by atoms with van der Waals surface area (Å²) in [6.45, 7) is 3.87. The standard InChI is InChI=1S/C27H25NO5/c1-17(2)33-21-14-12-18(13-15-21)24-23(25(29)19-8-7-11-22(16-19)32-3)26(30)27(31)28(24)20-9-5-4-6-10-20/h4-17,24,29H,1-3H3/b25-23-. The lowest BCUT2D eigenvalue weighted by Gasteiger charge is -2.25. The molecule has 0 saturated carbocycles. The summed E-state index contributed by atoms with van der Waals surface area (Å²) in [6, 6.07) is 22.1. The fourth-order valence-electron chi connectivity index (χ4n) is 3.93. The molecule has 0 bridgehead atoms. The minimum Gasteiger partial charge on any atom is -0.507 e. The number of Topliss-reactive ketones (excluding diaryl/α,β-unsaturated/α-hetero) is 1. The van der Waals surface area contributed by atoms with Crippen LogP contribution in [0.2, 0.25) is 0 Å². The average Bonchev–Trinajstić information content (AvgIpc) is 3.09. The van der Waals surface area contributed by atoms with E-state index in [1.165, 1.54) is 12.0 Å². The molecule has 0 aliphatic carbocycles. The number of anilines is 1. The van der Waals surface area contributed by atoms with E-state index in [1.54, 1.807) is 60.7 Å². The molecule has 1 fully saturated rings. The second kappa shape index (κ2) is 9.20. The van der Waals surface area contributed by atoms with E-state index in [2.05, 4.69) is 0 Å². The number of rotatable bonds is 6. The van der Waals surface area contributed by atoms with Gasteiger partial charge in [0, 0.05) is 11.3 Å². The van der Waals surface area contributed by atoms with Gasteiger partial charge in [0.15, 0.2) is 0 Å². The molecule has 1 unspecified atom stereocenters. The number of methoxy groups -OCH3 is 1. The van der Waals surface area contributed by atoms with Crippen LogP contribution < -0.4 is 14.4 Å². The van der Waals surface area contributed by atoms with Crippen molar-refractivity contribution in [3.05, 3.63) is 95.6 Å². The highest BCUT2D eigenvalue weighted by Gasteiger charge is 2.46. The van der Waals surface area contributed by atoms with Crippen LogP contribution in [0.3, 0.4) is 0 Å². The van der Waals surface area contributed by atoms with E-state index >= 15 is 0 Å². The van der Waals surface area contributed by atoms with Crippen LogP contribution in [0.4, 0.5) is 5.69 Å². The van der Waals surface area contributed by atoms with Crippen molar-refractivity contribution in [2.45, 2.75) is 26.0 Å². The number of ether oxygens (including phenoxy) is 2. The minimum atomic E-state index is -0.799. The first-order valence-corrected chi connectivity index (χ1v) is 10.7. The second-order valence-corrected chi connectivity index (χ2v) is 7.97. The van der Waals surface area contributed by atoms with Crippen molar-refractivity contribution in [1.29, 1.82) is 0 Å². The molecule has 1 saturated heterocycles. The second-order valence-electron chi connectivity index (χ2n) is 7.97. The summed E-state index contributed by atoms with van der Waals surface area (Å²) in [6.07, 6.45) is 0.0128. The number of hydrogen-bond donors (Lipinski definition) is 1. The quantitative estimate of drug-likeness (QED) is 0.326. The van der Waals surface area contributed by atoms with Crippen molar-refractivity contribution >= 4 is 23.1 Å². The van der Waals surface area contributed by atoms with Gasteiger partial charge in [0.1, 0.15) is 17.3 Å². The van der Waals surface area contributed by atoms with Crippen LogP contribution in [0.15, 0.2) is 84.4 Å². The first-order chi connectivity index (χ1) is 15.9. The number of hydrogen-bond acceptors (Lipinski definition) is 5. The molecule has 6 heteroatoms. The zero-order chi connectivity index (χ0) is 23.5. The van der Waals surface area contributed by atoms with Gasteiger partial charge in [0.2, 0.25) is 0 Å². The van der Waals surface area contributed by atoms with Crippen LogP contribution in [0, 0.1) is 0 Å². The molecular weight excluding hydrogens is 418 g/mol. The van der Waals surface area contributed by atoms with Gasteiger partial charge in [-0.3, -0.25) is 14.5 Å². The molecule has 3 aromatic rings.